The van der Waals surface area contributed by atoms with Crippen LogP contribution in [0.2, 0.25) is 0 Å². The van der Waals surface area contributed by atoms with E-state index in [-0.39, 0.29) is 17.9 Å². The molecule has 5 heteroatoms. The first-order chi connectivity index (χ1) is 13.0. The molecule has 0 saturated heterocycles. The van der Waals surface area contributed by atoms with Crippen LogP contribution in [0, 0.1) is 11.7 Å². The van der Waals surface area contributed by atoms with Crippen LogP contribution in [0.4, 0.5) is 4.39 Å². The maximum atomic E-state index is 13.2. The highest BCUT2D eigenvalue weighted by atomic mass is 19.1. The van der Waals surface area contributed by atoms with Gasteiger partial charge in [0.1, 0.15) is 5.82 Å². The monoisotopic (exact) mass is 368 g/mol. The summed E-state index contributed by atoms with van der Waals surface area (Å²) in [6.45, 7) is 4.07. The van der Waals surface area contributed by atoms with E-state index in [2.05, 4.69) is 5.32 Å². The van der Waals surface area contributed by atoms with E-state index in [1.165, 1.54) is 17.0 Å². The molecule has 0 heterocycles. The van der Waals surface area contributed by atoms with Crippen molar-refractivity contribution in [2.45, 2.75) is 38.8 Å². The van der Waals surface area contributed by atoms with E-state index in [1.54, 1.807) is 12.1 Å². The average molecular weight is 368 g/mol. The van der Waals surface area contributed by atoms with Crippen molar-refractivity contribution in [2.75, 3.05) is 6.54 Å². The minimum Gasteiger partial charge on any atom is -0.341 e. The molecule has 1 aliphatic rings. The lowest BCUT2D eigenvalue weighted by Gasteiger charge is -2.29. The van der Waals surface area contributed by atoms with Gasteiger partial charge in [-0.05, 0) is 55.9 Å². The van der Waals surface area contributed by atoms with E-state index >= 15 is 0 Å². The van der Waals surface area contributed by atoms with E-state index in [1.807, 2.05) is 44.2 Å². The standard InChI is InChI=1S/C22H25FN2O2/c1-3-25(15(2)16-11-13-19(23)14-12-16)22(27)21(26)24-20(18-9-10-18)17-7-5-4-6-8-17/h4-8,11-15,18,20H,3,9-10H2,1-2H3,(H,24,26)/t15-,20+/m1/s1. The molecule has 0 bridgehead atoms. The van der Waals surface area contributed by atoms with E-state index < -0.39 is 11.8 Å². The Morgan fingerprint density at radius 3 is 2.26 bits per heavy atom. The molecule has 1 N–H and O–H groups in total. The van der Waals surface area contributed by atoms with E-state index in [0.717, 1.165) is 24.0 Å². The Hall–Kier alpha value is -2.69. The highest BCUT2D eigenvalue weighted by Crippen LogP contribution is 2.41. The number of nitrogens with one attached hydrogen (secondary N) is 1. The molecule has 0 aromatic heterocycles. The maximum absolute atomic E-state index is 13.2. The predicted molar refractivity (Wildman–Crippen MR) is 102 cm³/mol. The molecule has 2 amide bonds. The molecule has 0 spiro atoms. The molecule has 142 valence electrons. The molecule has 1 saturated carbocycles. The first-order valence-electron chi connectivity index (χ1n) is 9.43. The van der Waals surface area contributed by atoms with Gasteiger partial charge in [-0.1, -0.05) is 42.5 Å². The Bertz CT molecular complexity index is 788. The summed E-state index contributed by atoms with van der Waals surface area (Å²) in [5, 5.41) is 2.94. The van der Waals surface area contributed by atoms with Crippen LogP contribution in [-0.4, -0.2) is 23.3 Å². The average Bonchev–Trinajstić information content (AvgIpc) is 3.52. The minimum atomic E-state index is -0.591. The van der Waals surface area contributed by atoms with Crippen molar-refractivity contribution in [1.82, 2.24) is 10.2 Å². The summed E-state index contributed by atoms with van der Waals surface area (Å²) in [5.74, 6) is -1.09. The second kappa shape index (κ2) is 8.33. The van der Waals surface area contributed by atoms with Gasteiger partial charge in [-0.15, -0.1) is 0 Å². The summed E-state index contributed by atoms with van der Waals surface area (Å²) >= 11 is 0. The Morgan fingerprint density at radius 2 is 1.70 bits per heavy atom. The first kappa shape index (κ1) is 19.1. The van der Waals surface area contributed by atoms with Crippen LogP contribution >= 0.6 is 0 Å². The molecular formula is C22H25FN2O2. The number of hydrogen-bond donors (Lipinski definition) is 1. The molecule has 2 aromatic carbocycles. The van der Waals surface area contributed by atoms with E-state index in [9.17, 15) is 14.0 Å². The number of likely N-dealkylation sites (N-methyl/N-ethyl adjacent to an activating group) is 1. The maximum Gasteiger partial charge on any atom is 0.312 e. The van der Waals surface area contributed by atoms with Crippen molar-refractivity contribution >= 4 is 11.8 Å². The molecule has 1 fully saturated rings. The fourth-order valence-corrected chi connectivity index (χ4v) is 3.41. The molecule has 4 nitrogen and oxygen atoms in total. The summed E-state index contributed by atoms with van der Waals surface area (Å²) in [7, 11) is 0. The summed E-state index contributed by atoms with van der Waals surface area (Å²) in [6.07, 6.45) is 2.11. The molecule has 2 aromatic rings. The summed E-state index contributed by atoms with van der Waals surface area (Å²) in [4.78, 5) is 27.0. The fourth-order valence-electron chi connectivity index (χ4n) is 3.41. The van der Waals surface area contributed by atoms with Crippen LogP contribution in [0.25, 0.3) is 0 Å². The lowest BCUT2D eigenvalue weighted by molar-refractivity contribution is -0.147. The van der Waals surface area contributed by atoms with Gasteiger partial charge < -0.3 is 10.2 Å². The third-order valence-corrected chi connectivity index (χ3v) is 5.15. The topological polar surface area (TPSA) is 49.4 Å². The summed E-state index contributed by atoms with van der Waals surface area (Å²) < 4.78 is 13.2. The van der Waals surface area contributed by atoms with Crippen LogP contribution < -0.4 is 5.32 Å². The summed E-state index contributed by atoms with van der Waals surface area (Å²) in [6, 6.07) is 15.3. The van der Waals surface area contributed by atoms with Crippen molar-refractivity contribution in [1.29, 1.82) is 0 Å². The zero-order chi connectivity index (χ0) is 19.4. The molecule has 2 atom stereocenters. The number of hydrogen-bond acceptors (Lipinski definition) is 2. The Labute approximate surface area is 159 Å². The van der Waals surface area contributed by atoms with Crippen molar-refractivity contribution in [3.63, 3.8) is 0 Å². The zero-order valence-electron chi connectivity index (χ0n) is 15.7. The van der Waals surface area contributed by atoms with Gasteiger partial charge in [0.25, 0.3) is 0 Å². The van der Waals surface area contributed by atoms with E-state index in [0.29, 0.717) is 12.5 Å². The van der Waals surface area contributed by atoms with Gasteiger partial charge in [0.2, 0.25) is 0 Å². The number of carbonyl (C=O) groups excluding carboxylic acids is 2. The molecular weight excluding hydrogens is 343 g/mol. The number of nitrogens with zero attached hydrogens (tertiary/aromatic N) is 1. The quantitative estimate of drug-likeness (QED) is 0.784. The second-order valence-electron chi connectivity index (χ2n) is 7.02. The normalized spacial score (nSPS) is 15.7. The molecule has 0 unspecified atom stereocenters. The SMILES string of the molecule is CCN(C(=O)C(=O)N[C@@H](c1ccccc1)C1CC1)[C@H](C)c1ccc(F)cc1. The number of rotatable bonds is 6. The predicted octanol–water partition coefficient (Wildman–Crippen LogP) is 4.00. The van der Waals surface area contributed by atoms with Crippen LogP contribution in [0.3, 0.4) is 0 Å². The highest BCUT2D eigenvalue weighted by molar-refractivity contribution is 6.35. The van der Waals surface area contributed by atoms with Crippen molar-refractivity contribution in [3.8, 4) is 0 Å². The van der Waals surface area contributed by atoms with Gasteiger partial charge in [0, 0.05) is 6.54 Å². The van der Waals surface area contributed by atoms with Gasteiger partial charge >= 0.3 is 11.8 Å². The zero-order valence-corrected chi connectivity index (χ0v) is 15.7. The van der Waals surface area contributed by atoms with Crippen molar-refractivity contribution in [3.05, 3.63) is 71.5 Å². The van der Waals surface area contributed by atoms with Gasteiger partial charge in [-0.25, -0.2) is 4.39 Å². The van der Waals surface area contributed by atoms with Gasteiger partial charge in [0.05, 0.1) is 12.1 Å². The van der Waals surface area contributed by atoms with Crippen LogP contribution in [-0.2, 0) is 9.59 Å². The van der Waals surface area contributed by atoms with Crippen LogP contribution in [0.5, 0.6) is 0 Å². The van der Waals surface area contributed by atoms with Gasteiger partial charge in [-0.3, -0.25) is 9.59 Å². The highest BCUT2D eigenvalue weighted by Gasteiger charge is 2.35. The van der Waals surface area contributed by atoms with Gasteiger partial charge in [0.15, 0.2) is 0 Å². The van der Waals surface area contributed by atoms with Crippen molar-refractivity contribution < 1.29 is 14.0 Å². The Balaban J connectivity index is 1.72. The van der Waals surface area contributed by atoms with Crippen molar-refractivity contribution in [2.24, 2.45) is 5.92 Å². The number of halogens is 1. The Kier molecular flexibility index (Phi) is 5.89. The molecule has 3 rings (SSSR count). The first-order valence-corrected chi connectivity index (χ1v) is 9.43. The van der Waals surface area contributed by atoms with Gasteiger partial charge in [-0.2, -0.15) is 0 Å². The molecule has 27 heavy (non-hydrogen) atoms. The molecule has 0 aliphatic heterocycles. The number of carbonyl (C=O) groups is 2. The second-order valence-corrected chi connectivity index (χ2v) is 7.02. The van der Waals surface area contributed by atoms with Crippen LogP contribution in [0.15, 0.2) is 54.6 Å². The summed E-state index contributed by atoms with van der Waals surface area (Å²) in [5.41, 5.74) is 1.82. The third kappa shape index (κ3) is 4.54. The molecule has 1 aliphatic carbocycles. The third-order valence-electron chi connectivity index (χ3n) is 5.15. The fraction of sp³-hybridized carbons (Fsp3) is 0.364. The largest absolute Gasteiger partial charge is 0.341 e. The number of amides is 2. The number of benzene rings is 2. The minimum absolute atomic E-state index is 0.137. The van der Waals surface area contributed by atoms with Crippen LogP contribution in [0.1, 0.15) is 49.9 Å². The lowest BCUT2D eigenvalue weighted by Crippen LogP contribution is -2.45. The smallest absolute Gasteiger partial charge is 0.312 e. The van der Waals surface area contributed by atoms with E-state index in [4.69, 9.17) is 0 Å². The Morgan fingerprint density at radius 1 is 1.07 bits per heavy atom. The lowest BCUT2D eigenvalue weighted by atomic mass is 10.0. The molecule has 0 radical (unpaired) electrons.